The largest absolute Gasteiger partial charge is 0.297 e. The summed E-state index contributed by atoms with van der Waals surface area (Å²) in [5, 5.41) is 18.9. The van der Waals surface area contributed by atoms with E-state index in [1.165, 1.54) is 0 Å². The molecule has 0 unspecified atom stereocenters. The van der Waals surface area contributed by atoms with Crippen LogP contribution in [0.4, 0.5) is 0 Å². The van der Waals surface area contributed by atoms with E-state index in [1.54, 1.807) is 11.3 Å². The highest BCUT2D eigenvalue weighted by atomic mass is 32.1. The Morgan fingerprint density at radius 1 is 0.674 bits per heavy atom. The van der Waals surface area contributed by atoms with Crippen LogP contribution in [0.15, 0.2) is 112 Å². The number of rotatable bonds is 7. The molecule has 0 aliphatic heterocycles. The number of aromatic amines is 4. The Labute approximate surface area is 250 Å². The van der Waals surface area contributed by atoms with Gasteiger partial charge in [-0.3, -0.25) is 30.0 Å². The molecule has 4 N–H and O–H groups in total. The van der Waals surface area contributed by atoms with E-state index in [2.05, 4.69) is 20.4 Å². The van der Waals surface area contributed by atoms with Gasteiger partial charge < -0.3 is 0 Å². The molecule has 0 fully saturated rings. The van der Waals surface area contributed by atoms with Gasteiger partial charge in [-0.25, -0.2) is 4.68 Å². The first-order valence-electron chi connectivity index (χ1n) is 13.9. The molecule has 212 valence electrons. The maximum absolute atomic E-state index is 13.8. The summed E-state index contributed by atoms with van der Waals surface area (Å²) in [6.07, 6.45) is 1.94. The van der Waals surface area contributed by atoms with Crippen molar-refractivity contribution in [2.24, 2.45) is 0 Å². The van der Waals surface area contributed by atoms with Crippen LogP contribution >= 0.6 is 11.3 Å². The zero-order valence-corrected chi connectivity index (χ0v) is 24.3. The Kier molecular flexibility index (Phi) is 6.64. The molecule has 0 aliphatic rings. The van der Waals surface area contributed by atoms with Crippen molar-refractivity contribution >= 4 is 11.3 Å². The van der Waals surface area contributed by atoms with Crippen LogP contribution in [0.2, 0.25) is 0 Å². The molecule has 0 aliphatic carbocycles. The molecule has 4 aromatic heterocycles. The van der Waals surface area contributed by atoms with Crippen molar-refractivity contribution in [2.45, 2.75) is 19.8 Å². The monoisotopic (exact) mass is 584 g/mol. The number of nitrogens with one attached hydrogen (secondary N) is 4. The molecule has 0 amide bonds. The Morgan fingerprint density at radius 3 is 1.74 bits per heavy atom. The van der Waals surface area contributed by atoms with Crippen molar-refractivity contribution in [1.29, 1.82) is 0 Å². The SMILES string of the molecule is Cc1ccc(-c2[nH][nH]c(=O)c2C(c2cn(-c3ccccc3)nc2-c2cccs2)c2c(-c3ccc(C)cc3)[nH][nH]c2=O)cc1. The van der Waals surface area contributed by atoms with Crippen LogP contribution < -0.4 is 11.1 Å². The van der Waals surface area contributed by atoms with Crippen LogP contribution in [0.3, 0.4) is 0 Å². The van der Waals surface area contributed by atoms with Crippen LogP contribution in [0.25, 0.3) is 38.8 Å². The second-order valence-corrected chi connectivity index (χ2v) is 11.5. The molecular formula is C34H28N6O2S. The molecule has 0 saturated heterocycles. The first-order valence-corrected chi connectivity index (χ1v) is 14.8. The van der Waals surface area contributed by atoms with Crippen LogP contribution in [0.5, 0.6) is 0 Å². The van der Waals surface area contributed by atoms with Crippen LogP contribution in [0, 0.1) is 13.8 Å². The molecule has 43 heavy (non-hydrogen) atoms. The minimum absolute atomic E-state index is 0.305. The molecule has 0 spiro atoms. The second kappa shape index (κ2) is 10.8. The minimum atomic E-state index is -0.771. The van der Waals surface area contributed by atoms with E-state index in [1.807, 2.05) is 121 Å². The normalized spacial score (nSPS) is 11.4. The van der Waals surface area contributed by atoms with Crippen molar-refractivity contribution in [1.82, 2.24) is 30.2 Å². The van der Waals surface area contributed by atoms with Crippen molar-refractivity contribution in [3.05, 3.63) is 151 Å². The number of aryl methyl sites for hydroxylation is 2. The number of thiophene rings is 1. The Balaban J connectivity index is 1.56. The fourth-order valence-electron chi connectivity index (χ4n) is 5.55. The standard InChI is InChI=1S/C34H28N6O2S/c1-20-10-14-22(15-11-20)30-28(33(41)37-35-30)27(29-31(36-38-34(29)42)23-16-12-21(2)13-17-23)25-19-40(24-7-4-3-5-8-24)39-32(25)26-9-6-18-43-26/h3-19,27H,1-2H3,(H2,35,37,41)(H2,36,38,42). The molecule has 7 aromatic rings. The van der Waals surface area contributed by atoms with Gasteiger partial charge in [-0.05, 0) is 48.6 Å². The summed E-state index contributed by atoms with van der Waals surface area (Å²) in [5.41, 5.74) is 7.69. The molecule has 7 rings (SSSR count). The molecule has 8 nitrogen and oxygen atoms in total. The summed E-state index contributed by atoms with van der Waals surface area (Å²) in [6, 6.07) is 29.7. The Hall–Kier alpha value is -5.41. The van der Waals surface area contributed by atoms with Gasteiger partial charge in [-0.15, -0.1) is 11.3 Å². The molecule has 0 saturated carbocycles. The zero-order chi connectivity index (χ0) is 29.5. The molecule has 0 radical (unpaired) electrons. The van der Waals surface area contributed by atoms with Gasteiger partial charge in [0, 0.05) is 11.8 Å². The average molecular weight is 585 g/mol. The van der Waals surface area contributed by atoms with Crippen molar-refractivity contribution in [3.63, 3.8) is 0 Å². The van der Waals surface area contributed by atoms with Gasteiger partial charge in [-0.2, -0.15) is 5.10 Å². The van der Waals surface area contributed by atoms with Gasteiger partial charge in [0.2, 0.25) is 0 Å². The maximum atomic E-state index is 13.8. The predicted molar refractivity (Wildman–Crippen MR) is 171 cm³/mol. The van der Waals surface area contributed by atoms with Gasteiger partial charge in [0.25, 0.3) is 11.1 Å². The first-order chi connectivity index (χ1) is 21.0. The van der Waals surface area contributed by atoms with E-state index in [0.29, 0.717) is 28.2 Å². The lowest BCUT2D eigenvalue weighted by Crippen LogP contribution is -2.20. The first kappa shape index (κ1) is 26.5. The van der Waals surface area contributed by atoms with Gasteiger partial charge >= 0.3 is 0 Å². The van der Waals surface area contributed by atoms with Gasteiger partial charge in [0.1, 0.15) is 5.69 Å². The van der Waals surface area contributed by atoms with E-state index in [-0.39, 0.29) is 11.1 Å². The highest BCUT2D eigenvalue weighted by molar-refractivity contribution is 7.13. The fourth-order valence-corrected chi connectivity index (χ4v) is 6.28. The van der Waals surface area contributed by atoms with Crippen molar-refractivity contribution < 1.29 is 0 Å². The van der Waals surface area contributed by atoms with E-state index in [0.717, 1.165) is 38.4 Å². The lowest BCUT2D eigenvalue weighted by Gasteiger charge is -2.17. The number of H-pyrrole nitrogens is 4. The second-order valence-electron chi connectivity index (χ2n) is 10.6. The van der Waals surface area contributed by atoms with E-state index in [4.69, 9.17) is 5.10 Å². The number of hydrogen-bond acceptors (Lipinski definition) is 4. The Morgan fingerprint density at radius 2 is 1.23 bits per heavy atom. The average Bonchev–Trinajstić information content (AvgIpc) is 3.84. The highest BCUT2D eigenvalue weighted by Gasteiger charge is 2.34. The molecule has 0 atom stereocenters. The lowest BCUT2D eigenvalue weighted by molar-refractivity contribution is 0.881. The van der Waals surface area contributed by atoms with Crippen molar-refractivity contribution in [3.8, 4) is 38.8 Å². The summed E-state index contributed by atoms with van der Waals surface area (Å²) in [6.45, 7) is 4.04. The summed E-state index contributed by atoms with van der Waals surface area (Å²) in [4.78, 5) is 28.6. The van der Waals surface area contributed by atoms with E-state index >= 15 is 0 Å². The minimum Gasteiger partial charge on any atom is -0.297 e. The predicted octanol–water partition coefficient (Wildman–Crippen LogP) is 6.76. The number of aromatic nitrogens is 6. The third-order valence-electron chi connectivity index (χ3n) is 7.72. The van der Waals surface area contributed by atoms with E-state index in [9.17, 15) is 9.59 Å². The number of nitrogens with zero attached hydrogens (tertiary/aromatic N) is 2. The number of para-hydroxylation sites is 1. The summed E-state index contributed by atoms with van der Waals surface area (Å²) < 4.78 is 1.82. The highest BCUT2D eigenvalue weighted by Crippen LogP contribution is 2.42. The van der Waals surface area contributed by atoms with Gasteiger partial charge in [0.05, 0.1) is 39.0 Å². The fraction of sp³-hybridized carbons (Fsp3) is 0.0882. The van der Waals surface area contributed by atoms with E-state index < -0.39 is 5.92 Å². The number of hydrogen-bond donors (Lipinski definition) is 4. The third-order valence-corrected chi connectivity index (χ3v) is 8.59. The van der Waals surface area contributed by atoms with Crippen LogP contribution in [-0.2, 0) is 0 Å². The molecule has 0 bridgehead atoms. The number of benzene rings is 3. The molecule has 4 heterocycles. The zero-order valence-electron chi connectivity index (χ0n) is 23.5. The maximum Gasteiger partial charge on any atom is 0.268 e. The molecule has 3 aromatic carbocycles. The quantitative estimate of drug-likeness (QED) is 0.166. The third kappa shape index (κ3) is 4.79. The summed E-state index contributed by atoms with van der Waals surface area (Å²) in [5.74, 6) is -0.771. The van der Waals surface area contributed by atoms with Crippen molar-refractivity contribution in [2.75, 3.05) is 0 Å². The van der Waals surface area contributed by atoms with Gasteiger partial charge in [-0.1, -0.05) is 83.9 Å². The van der Waals surface area contributed by atoms with Crippen LogP contribution in [0.1, 0.15) is 33.7 Å². The molecule has 9 heteroatoms. The topological polar surface area (TPSA) is 115 Å². The lowest BCUT2D eigenvalue weighted by atomic mass is 9.83. The van der Waals surface area contributed by atoms with Crippen LogP contribution in [-0.4, -0.2) is 30.2 Å². The molecular weight excluding hydrogens is 556 g/mol. The summed E-state index contributed by atoms with van der Waals surface area (Å²) >= 11 is 1.56. The summed E-state index contributed by atoms with van der Waals surface area (Å²) in [7, 11) is 0. The van der Waals surface area contributed by atoms with Gasteiger partial charge in [0.15, 0.2) is 0 Å². The Bertz CT molecular complexity index is 2030. The smallest absolute Gasteiger partial charge is 0.268 e.